The Bertz CT molecular complexity index is 2400. The average Bonchev–Trinajstić information content (AvgIpc) is 3.24. The maximum atomic E-state index is 6.94. The van der Waals surface area contributed by atoms with Gasteiger partial charge in [-0.05, 0) is 98.8 Å². The summed E-state index contributed by atoms with van der Waals surface area (Å²) < 4.78 is 6.94. The zero-order chi connectivity index (χ0) is 37.4. The van der Waals surface area contributed by atoms with Gasteiger partial charge in [-0.15, -0.1) is 0 Å². The monoisotopic (exact) mass is 811 g/mol. The summed E-state index contributed by atoms with van der Waals surface area (Å²) >= 11 is 0. The van der Waals surface area contributed by atoms with Crippen LogP contribution in [0.15, 0.2) is 206 Å². The van der Waals surface area contributed by atoms with Crippen LogP contribution in [-0.4, -0.2) is 9.97 Å². The number of nitrogens with zero attached hydrogens (tertiary/aromatic N) is 2. The van der Waals surface area contributed by atoms with Gasteiger partial charge >= 0.3 is 0 Å². The largest absolute Gasteiger partial charge is 0.449 e. The third kappa shape index (κ3) is 8.82. The summed E-state index contributed by atoms with van der Waals surface area (Å²) in [6, 6.07) is 73.0. The van der Waals surface area contributed by atoms with Crippen LogP contribution in [0.2, 0.25) is 0 Å². The van der Waals surface area contributed by atoms with Gasteiger partial charge in [0.15, 0.2) is 11.5 Å². The first-order valence-electron chi connectivity index (χ1n) is 18.6. The van der Waals surface area contributed by atoms with E-state index in [1.165, 1.54) is 31.8 Å². The molecule has 9 aromatic rings. The van der Waals surface area contributed by atoms with Gasteiger partial charge < -0.3 is 4.74 Å². The van der Waals surface area contributed by atoms with Crippen LogP contribution in [0.5, 0.6) is 11.5 Å². The van der Waals surface area contributed by atoms with Crippen LogP contribution in [-0.2, 0) is 17.1 Å². The van der Waals surface area contributed by atoms with E-state index in [9.17, 15) is 0 Å². The number of benzene rings is 7. The molecular formula is C50H42CuN2OP2+2. The number of aryl methyl sites for hydroxylation is 2. The van der Waals surface area contributed by atoms with E-state index in [0.717, 1.165) is 44.7 Å². The Balaban J connectivity index is 0.000000235. The summed E-state index contributed by atoms with van der Waals surface area (Å²) in [5.41, 5.74) is 4.06. The maximum Gasteiger partial charge on any atom is 0.170 e. The second-order valence-electron chi connectivity index (χ2n) is 13.4. The van der Waals surface area contributed by atoms with Crippen LogP contribution in [0.3, 0.4) is 0 Å². The number of hydrogen-bond donors (Lipinski definition) is 0. The molecular weight excluding hydrogens is 770 g/mol. The molecule has 3 nitrogen and oxygen atoms in total. The van der Waals surface area contributed by atoms with Crippen molar-refractivity contribution in [1.82, 2.24) is 9.97 Å². The van der Waals surface area contributed by atoms with Gasteiger partial charge in [-0.1, -0.05) is 121 Å². The fourth-order valence-electron chi connectivity index (χ4n) is 6.98. The topological polar surface area (TPSA) is 35.0 Å². The second-order valence-corrected chi connectivity index (χ2v) is 18.3. The number of aromatic nitrogens is 2. The molecule has 0 spiro atoms. The van der Waals surface area contributed by atoms with E-state index in [1.807, 2.05) is 26.0 Å². The van der Waals surface area contributed by atoms with Crippen molar-refractivity contribution in [2.75, 3.05) is 0 Å². The molecule has 0 fully saturated rings. The summed E-state index contributed by atoms with van der Waals surface area (Å²) in [6.07, 6.45) is 0. The van der Waals surface area contributed by atoms with Gasteiger partial charge in [0, 0.05) is 39.2 Å². The minimum atomic E-state index is -1.28. The van der Waals surface area contributed by atoms with Gasteiger partial charge in [0.2, 0.25) is 0 Å². The van der Waals surface area contributed by atoms with E-state index in [1.54, 1.807) is 0 Å². The molecule has 1 radical (unpaired) electrons. The maximum absolute atomic E-state index is 6.94. The fraction of sp³-hybridized carbons (Fsp3) is 0.0400. The van der Waals surface area contributed by atoms with Crippen LogP contribution < -0.4 is 36.6 Å². The van der Waals surface area contributed by atoms with E-state index in [2.05, 4.69) is 204 Å². The molecule has 0 unspecified atom stereocenters. The van der Waals surface area contributed by atoms with Gasteiger partial charge in [0.1, 0.15) is 47.7 Å². The molecule has 56 heavy (non-hydrogen) atoms. The summed E-state index contributed by atoms with van der Waals surface area (Å²) in [7, 11) is -2.56. The summed E-state index contributed by atoms with van der Waals surface area (Å²) in [5, 5.41) is 10.2. The first-order valence-corrected chi connectivity index (χ1v) is 21.6. The predicted molar refractivity (Wildman–Crippen MR) is 240 cm³/mol. The van der Waals surface area contributed by atoms with Crippen LogP contribution in [0.4, 0.5) is 0 Å². The van der Waals surface area contributed by atoms with E-state index in [0.29, 0.717) is 0 Å². The molecule has 0 bridgehead atoms. The van der Waals surface area contributed by atoms with Crippen molar-refractivity contribution in [3.05, 3.63) is 218 Å². The zero-order valence-corrected chi connectivity index (χ0v) is 34.2. The molecule has 2 aromatic heterocycles. The van der Waals surface area contributed by atoms with Crippen LogP contribution >= 0.6 is 15.8 Å². The Kier molecular flexibility index (Phi) is 12.8. The van der Waals surface area contributed by atoms with E-state index in [-0.39, 0.29) is 17.1 Å². The number of ether oxygens (including phenoxy) is 1. The summed E-state index contributed by atoms with van der Waals surface area (Å²) in [4.78, 5) is 9.16. The fourth-order valence-corrected chi connectivity index (χ4v) is 12.3. The molecule has 0 saturated carbocycles. The van der Waals surface area contributed by atoms with Gasteiger partial charge in [-0.2, -0.15) is 0 Å². The molecule has 2 heterocycles. The molecule has 0 aliphatic rings. The first kappa shape index (κ1) is 38.8. The van der Waals surface area contributed by atoms with Crippen molar-refractivity contribution in [3.8, 4) is 11.5 Å². The minimum Gasteiger partial charge on any atom is -0.449 e. The second kappa shape index (κ2) is 18.4. The third-order valence-corrected chi connectivity index (χ3v) is 15.1. The quantitative estimate of drug-likeness (QED) is 0.0872. The molecule has 6 heteroatoms. The van der Waals surface area contributed by atoms with Gasteiger partial charge in [0.25, 0.3) is 0 Å². The average molecular weight is 812 g/mol. The molecule has 0 N–H and O–H groups in total. The van der Waals surface area contributed by atoms with Crippen molar-refractivity contribution in [2.45, 2.75) is 13.8 Å². The molecule has 7 aromatic carbocycles. The first-order chi connectivity index (χ1) is 27.1. The van der Waals surface area contributed by atoms with Crippen molar-refractivity contribution >= 4 is 69.5 Å². The van der Waals surface area contributed by atoms with E-state index >= 15 is 0 Å². The Hall–Kier alpha value is -5.46. The van der Waals surface area contributed by atoms with E-state index < -0.39 is 15.8 Å². The standard InChI is InChI=1S/C36H28OP2.C14H12N2.Cu/c1-5-17-29(18-6-1)38(30-19-7-2-8-20-30)35-27-15-13-25-33(35)37-34-26-14-16-28-36(34)39(31-21-9-3-10-22-31)32-23-11-4-12-24-32;1-9-3-5-11-7-8-12-6-4-10(2)16-14(12)13(11)15-9;/h1-28H;3-8H,1-2H3;/p+2. The summed E-state index contributed by atoms with van der Waals surface area (Å²) in [5.74, 6) is 1.85. The van der Waals surface area contributed by atoms with Gasteiger partial charge in [-0.25, -0.2) is 0 Å². The Labute approximate surface area is 342 Å². The number of fused-ring (bicyclic) bond motifs is 3. The third-order valence-electron chi connectivity index (χ3n) is 9.58. The van der Waals surface area contributed by atoms with Crippen molar-refractivity contribution < 1.29 is 21.8 Å². The minimum absolute atomic E-state index is 0. The molecule has 0 amide bonds. The number of pyridine rings is 2. The normalized spacial score (nSPS) is 10.9. The van der Waals surface area contributed by atoms with Crippen molar-refractivity contribution in [2.24, 2.45) is 0 Å². The smallest absolute Gasteiger partial charge is 0.170 e. The Morgan fingerprint density at radius 2 is 0.625 bits per heavy atom. The SMILES string of the molecule is Cc1ccc2ccc3ccc(C)nc3c2n1.[Cu].c1ccc([PH+](c2ccccc2)c2ccccc2Oc2ccccc2[PH+](c2ccccc2)c2ccccc2)cc1. The van der Waals surface area contributed by atoms with Crippen LogP contribution in [0.25, 0.3) is 21.8 Å². The van der Waals surface area contributed by atoms with Crippen molar-refractivity contribution in [3.63, 3.8) is 0 Å². The molecule has 277 valence electrons. The zero-order valence-electron chi connectivity index (χ0n) is 31.2. The Morgan fingerprint density at radius 1 is 0.339 bits per heavy atom. The van der Waals surface area contributed by atoms with E-state index in [4.69, 9.17) is 4.74 Å². The number of hydrogen-bond acceptors (Lipinski definition) is 3. The number of para-hydroxylation sites is 2. The summed E-state index contributed by atoms with van der Waals surface area (Å²) in [6.45, 7) is 4.02. The Morgan fingerprint density at radius 3 is 0.964 bits per heavy atom. The number of rotatable bonds is 8. The van der Waals surface area contributed by atoms with Gasteiger partial charge in [-0.3, -0.25) is 9.97 Å². The molecule has 0 aliphatic carbocycles. The predicted octanol–water partition coefficient (Wildman–Crippen LogP) is 9.86. The van der Waals surface area contributed by atoms with Gasteiger partial charge in [0.05, 0.1) is 11.0 Å². The molecule has 0 aliphatic heterocycles. The molecule has 0 atom stereocenters. The van der Waals surface area contributed by atoms with Crippen LogP contribution in [0.1, 0.15) is 11.4 Å². The molecule has 0 saturated heterocycles. The molecule has 9 rings (SSSR count). The van der Waals surface area contributed by atoms with Crippen molar-refractivity contribution in [1.29, 1.82) is 0 Å². The van der Waals surface area contributed by atoms with Crippen LogP contribution in [0, 0.1) is 13.8 Å².